The number of hydrogen-bond acceptors (Lipinski definition) is 4. The van der Waals surface area contributed by atoms with Gasteiger partial charge in [-0.05, 0) is 25.1 Å². The van der Waals surface area contributed by atoms with Gasteiger partial charge in [0.25, 0.3) is 0 Å². The summed E-state index contributed by atoms with van der Waals surface area (Å²) in [6.45, 7) is 1.92. The number of nitriles is 1. The number of aromatic nitrogens is 2. The van der Waals surface area contributed by atoms with Crippen molar-refractivity contribution in [2.24, 2.45) is 7.05 Å². The molecule has 2 rings (SSSR count). The van der Waals surface area contributed by atoms with Gasteiger partial charge in [0, 0.05) is 24.6 Å². The standard InChI is InChI=1S/C12H13N5/c1-8-12(7-17(2)16-8)15-10-3-4-11(14)9(5-10)6-13/h3-5,7,15H,14H2,1-2H3. The Kier molecular flexibility index (Phi) is 2.71. The van der Waals surface area contributed by atoms with Gasteiger partial charge in [0.2, 0.25) is 0 Å². The average Bonchev–Trinajstić information content (AvgIpc) is 2.60. The summed E-state index contributed by atoms with van der Waals surface area (Å²) in [5, 5.41) is 16.3. The van der Waals surface area contributed by atoms with E-state index in [9.17, 15) is 0 Å². The molecule has 5 heteroatoms. The van der Waals surface area contributed by atoms with Crippen LogP contribution in [0.5, 0.6) is 0 Å². The highest BCUT2D eigenvalue weighted by Crippen LogP contribution is 2.22. The predicted octanol–water partition coefficient (Wildman–Crippen LogP) is 1.93. The van der Waals surface area contributed by atoms with Crippen LogP contribution in [-0.4, -0.2) is 9.78 Å². The number of nitrogens with zero attached hydrogens (tertiary/aromatic N) is 3. The van der Waals surface area contributed by atoms with E-state index >= 15 is 0 Å². The molecule has 86 valence electrons. The summed E-state index contributed by atoms with van der Waals surface area (Å²) in [5.41, 5.74) is 9.27. The van der Waals surface area contributed by atoms with E-state index < -0.39 is 0 Å². The van der Waals surface area contributed by atoms with Crippen LogP contribution >= 0.6 is 0 Å². The van der Waals surface area contributed by atoms with Crippen molar-refractivity contribution in [3.8, 4) is 6.07 Å². The second-order valence-corrected chi connectivity index (χ2v) is 3.84. The quantitative estimate of drug-likeness (QED) is 0.768. The van der Waals surface area contributed by atoms with Gasteiger partial charge in [0.1, 0.15) is 6.07 Å². The lowest BCUT2D eigenvalue weighted by Gasteiger charge is -2.06. The van der Waals surface area contributed by atoms with Crippen molar-refractivity contribution < 1.29 is 0 Å². The van der Waals surface area contributed by atoms with Crippen LogP contribution < -0.4 is 11.1 Å². The van der Waals surface area contributed by atoms with Crippen molar-refractivity contribution >= 4 is 17.1 Å². The molecule has 0 aliphatic rings. The van der Waals surface area contributed by atoms with Gasteiger partial charge in [-0.3, -0.25) is 4.68 Å². The van der Waals surface area contributed by atoms with Crippen molar-refractivity contribution in [2.45, 2.75) is 6.92 Å². The minimum absolute atomic E-state index is 0.469. The zero-order valence-electron chi connectivity index (χ0n) is 9.73. The Morgan fingerprint density at radius 1 is 1.47 bits per heavy atom. The summed E-state index contributed by atoms with van der Waals surface area (Å²) in [6.07, 6.45) is 1.89. The summed E-state index contributed by atoms with van der Waals surface area (Å²) in [6, 6.07) is 7.33. The maximum absolute atomic E-state index is 8.89. The maximum Gasteiger partial charge on any atom is 0.101 e. The molecule has 3 N–H and O–H groups in total. The number of anilines is 3. The lowest BCUT2D eigenvalue weighted by atomic mass is 10.1. The SMILES string of the molecule is Cc1nn(C)cc1Nc1ccc(N)c(C#N)c1. The Balaban J connectivity index is 2.31. The molecule has 0 saturated heterocycles. The molecule has 2 aromatic rings. The molecule has 0 bridgehead atoms. The van der Waals surface area contributed by atoms with Crippen LogP contribution in [0.1, 0.15) is 11.3 Å². The third-order valence-corrected chi connectivity index (χ3v) is 2.47. The van der Waals surface area contributed by atoms with Gasteiger partial charge in [-0.25, -0.2) is 0 Å². The van der Waals surface area contributed by atoms with E-state index in [2.05, 4.69) is 16.5 Å². The molecular weight excluding hydrogens is 214 g/mol. The lowest BCUT2D eigenvalue weighted by molar-refractivity contribution is 0.756. The molecule has 5 nitrogen and oxygen atoms in total. The average molecular weight is 227 g/mol. The molecule has 0 unspecified atom stereocenters. The van der Waals surface area contributed by atoms with E-state index in [1.165, 1.54) is 0 Å². The Morgan fingerprint density at radius 3 is 2.82 bits per heavy atom. The van der Waals surface area contributed by atoms with Gasteiger partial charge >= 0.3 is 0 Å². The minimum atomic E-state index is 0.469. The Labute approximate surface area is 99.5 Å². The summed E-state index contributed by atoms with van der Waals surface area (Å²) in [4.78, 5) is 0. The first-order valence-corrected chi connectivity index (χ1v) is 5.17. The molecule has 0 aliphatic heterocycles. The molecule has 0 fully saturated rings. The van der Waals surface area contributed by atoms with E-state index in [-0.39, 0.29) is 0 Å². The number of nitrogen functional groups attached to an aromatic ring is 1. The molecule has 0 radical (unpaired) electrons. The maximum atomic E-state index is 8.89. The van der Waals surface area contributed by atoms with Gasteiger partial charge < -0.3 is 11.1 Å². The number of benzene rings is 1. The van der Waals surface area contributed by atoms with Gasteiger partial charge in [-0.1, -0.05) is 0 Å². The van der Waals surface area contributed by atoms with Gasteiger partial charge in [0.05, 0.1) is 16.9 Å². The van der Waals surface area contributed by atoms with Crippen LogP contribution in [0.2, 0.25) is 0 Å². The lowest BCUT2D eigenvalue weighted by Crippen LogP contribution is -1.94. The number of nitrogens with one attached hydrogen (secondary N) is 1. The fourth-order valence-electron chi connectivity index (χ4n) is 1.61. The zero-order valence-corrected chi connectivity index (χ0v) is 9.73. The summed E-state index contributed by atoms with van der Waals surface area (Å²) in [7, 11) is 1.86. The molecular formula is C12H13N5. The van der Waals surface area contributed by atoms with Crippen LogP contribution in [0.15, 0.2) is 24.4 Å². The third-order valence-electron chi connectivity index (χ3n) is 2.47. The van der Waals surface area contributed by atoms with Crippen molar-refractivity contribution in [2.75, 3.05) is 11.1 Å². The normalized spacial score (nSPS) is 9.94. The predicted molar refractivity (Wildman–Crippen MR) is 66.8 cm³/mol. The fourth-order valence-corrected chi connectivity index (χ4v) is 1.61. The van der Waals surface area contributed by atoms with Gasteiger partial charge in [-0.2, -0.15) is 10.4 Å². The van der Waals surface area contributed by atoms with Crippen molar-refractivity contribution in [1.29, 1.82) is 5.26 Å². The largest absolute Gasteiger partial charge is 0.398 e. The van der Waals surface area contributed by atoms with E-state index in [0.717, 1.165) is 17.1 Å². The Morgan fingerprint density at radius 2 is 2.24 bits per heavy atom. The second kappa shape index (κ2) is 4.18. The van der Waals surface area contributed by atoms with E-state index in [1.807, 2.05) is 26.2 Å². The molecule has 17 heavy (non-hydrogen) atoms. The van der Waals surface area contributed by atoms with Crippen LogP contribution in [0.25, 0.3) is 0 Å². The van der Waals surface area contributed by atoms with Crippen LogP contribution in [0, 0.1) is 18.3 Å². The monoisotopic (exact) mass is 227 g/mol. The van der Waals surface area contributed by atoms with Gasteiger partial charge in [-0.15, -0.1) is 0 Å². The van der Waals surface area contributed by atoms with Crippen molar-refractivity contribution in [1.82, 2.24) is 9.78 Å². The molecule has 1 heterocycles. The van der Waals surface area contributed by atoms with Crippen molar-refractivity contribution in [3.05, 3.63) is 35.7 Å². The van der Waals surface area contributed by atoms with E-state index in [4.69, 9.17) is 11.0 Å². The molecule has 0 saturated carbocycles. The third kappa shape index (κ3) is 2.21. The first-order chi connectivity index (χ1) is 8.10. The van der Waals surface area contributed by atoms with Crippen LogP contribution in [0.4, 0.5) is 17.1 Å². The second-order valence-electron chi connectivity index (χ2n) is 3.84. The van der Waals surface area contributed by atoms with E-state index in [1.54, 1.807) is 16.8 Å². The number of rotatable bonds is 2. The van der Waals surface area contributed by atoms with E-state index in [0.29, 0.717) is 11.3 Å². The number of aryl methyl sites for hydroxylation is 2. The first-order valence-electron chi connectivity index (χ1n) is 5.17. The molecule has 0 amide bonds. The highest BCUT2D eigenvalue weighted by molar-refractivity contribution is 5.67. The smallest absolute Gasteiger partial charge is 0.101 e. The molecule has 0 atom stereocenters. The minimum Gasteiger partial charge on any atom is -0.398 e. The highest BCUT2D eigenvalue weighted by atomic mass is 15.3. The Bertz CT molecular complexity index is 591. The number of nitrogens with two attached hydrogens (primary N) is 1. The van der Waals surface area contributed by atoms with Gasteiger partial charge in [0.15, 0.2) is 0 Å². The highest BCUT2D eigenvalue weighted by Gasteiger charge is 2.05. The Hall–Kier alpha value is -2.48. The molecule has 0 spiro atoms. The fraction of sp³-hybridized carbons (Fsp3) is 0.167. The van der Waals surface area contributed by atoms with Crippen LogP contribution in [0.3, 0.4) is 0 Å². The molecule has 1 aromatic carbocycles. The van der Waals surface area contributed by atoms with Crippen molar-refractivity contribution in [3.63, 3.8) is 0 Å². The molecule has 1 aromatic heterocycles. The first kappa shape index (κ1) is 11.0. The van der Waals surface area contributed by atoms with Crippen LogP contribution in [-0.2, 0) is 7.05 Å². The molecule has 0 aliphatic carbocycles. The summed E-state index contributed by atoms with van der Waals surface area (Å²) in [5.74, 6) is 0. The summed E-state index contributed by atoms with van der Waals surface area (Å²) < 4.78 is 1.74. The zero-order chi connectivity index (χ0) is 12.4. The number of hydrogen-bond donors (Lipinski definition) is 2. The summed E-state index contributed by atoms with van der Waals surface area (Å²) >= 11 is 0. The topological polar surface area (TPSA) is 79.7 Å².